The van der Waals surface area contributed by atoms with E-state index in [2.05, 4.69) is 40.3 Å². The van der Waals surface area contributed by atoms with Gasteiger partial charge in [0, 0.05) is 4.47 Å². The lowest BCUT2D eigenvalue weighted by Gasteiger charge is -2.20. The molecule has 0 fully saturated rings. The average molecular weight is 348 g/mol. The molecule has 1 aliphatic rings. The summed E-state index contributed by atoms with van der Waals surface area (Å²) in [6, 6.07) is 9.99. The number of hydrogen-bond donors (Lipinski definition) is 2. The van der Waals surface area contributed by atoms with Crippen LogP contribution in [0.4, 0.5) is 5.69 Å². The van der Waals surface area contributed by atoms with E-state index in [-0.39, 0.29) is 6.04 Å². The number of halogens is 1. The molecule has 0 saturated carbocycles. The number of aryl methyl sites for hydroxylation is 1. The molecule has 2 N–H and O–H groups in total. The lowest BCUT2D eigenvalue weighted by molar-refractivity contribution is 0.415. The Balaban J connectivity index is 1.95. The minimum Gasteiger partial charge on any atom is -0.508 e. The second-order valence-electron chi connectivity index (χ2n) is 5.38. The van der Waals surface area contributed by atoms with Gasteiger partial charge in [-0.3, -0.25) is 0 Å². The van der Waals surface area contributed by atoms with Crippen molar-refractivity contribution < 1.29 is 9.84 Å². The first-order chi connectivity index (χ1) is 10.1. The first kappa shape index (κ1) is 14.3. The molecule has 0 radical (unpaired) electrons. The molecular formula is C17H18BrNO2. The van der Waals surface area contributed by atoms with Gasteiger partial charge in [-0.15, -0.1) is 0 Å². The van der Waals surface area contributed by atoms with E-state index in [1.165, 1.54) is 5.56 Å². The molecule has 0 heterocycles. The molecule has 1 atom stereocenters. The minimum absolute atomic E-state index is 0.209. The van der Waals surface area contributed by atoms with Crippen molar-refractivity contribution in [1.82, 2.24) is 0 Å². The quantitative estimate of drug-likeness (QED) is 0.854. The molecule has 1 unspecified atom stereocenters. The van der Waals surface area contributed by atoms with Crippen molar-refractivity contribution in [3.05, 3.63) is 51.5 Å². The van der Waals surface area contributed by atoms with Crippen LogP contribution in [0.1, 0.15) is 29.2 Å². The van der Waals surface area contributed by atoms with Gasteiger partial charge in [-0.1, -0.05) is 28.1 Å². The molecule has 110 valence electrons. The number of anilines is 1. The summed E-state index contributed by atoms with van der Waals surface area (Å²) >= 11 is 3.50. The van der Waals surface area contributed by atoms with E-state index < -0.39 is 0 Å². The highest BCUT2D eigenvalue weighted by molar-refractivity contribution is 9.10. The van der Waals surface area contributed by atoms with Crippen LogP contribution in [-0.2, 0) is 6.42 Å². The van der Waals surface area contributed by atoms with E-state index in [4.69, 9.17) is 4.74 Å². The minimum atomic E-state index is 0.209. The molecule has 0 aliphatic heterocycles. The number of fused-ring (bicyclic) bond motifs is 1. The van der Waals surface area contributed by atoms with E-state index in [1.807, 2.05) is 12.1 Å². The number of rotatable bonds is 3. The topological polar surface area (TPSA) is 41.5 Å². The fourth-order valence-electron chi connectivity index (χ4n) is 3.02. The number of aromatic hydroxyl groups is 1. The fourth-order valence-corrected chi connectivity index (χ4v) is 3.57. The second-order valence-corrected chi connectivity index (χ2v) is 6.30. The van der Waals surface area contributed by atoms with Gasteiger partial charge in [0.2, 0.25) is 0 Å². The zero-order valence-electron chi connectivity index (χ0n) is 12.1. The Morgan fingerprint density at radius 3 is 2.90 bits per heavy atom. The molecule has 0 saturated heterocycles. The summed E-state index contributed by atoms with van der Waals surface area (Å²) in [7, 11) is 1.68. The number of phenols is 1. The third-order valence-electron chi connectivity index (χ3n) is 4.05. The predicted molar refractivity (Wildman–Crippen MR) is 88.2 cm³/mol. The van der Waals surface area contributed by atoms with Crippen LogP contribution >= 0.6 is 15.9 Å². The summed E-state index contributed by atoms with van der Waals surface area (Å²) in [5, 5.41) is 13.5. The van der Waals surface area contributed by atoms with Gasteiger partial charge in [0.1, 0.15) is 11.5 Å². The molecule has 3 rings (SSSR count). The lowest BCUT2D eigenvalue weighted by Crippen LogP contribution is -2.09. The van der Waals surface area contributed by atoms with E-state index >= 15 is 0 Å². The Bertz CT molecular complexity index is 685. The monoisotopic (exact) mass is 347 g/mol. The maximum atomic E-state index is 9.95. The second kappa shape index (κ2) is 5.60. The summed E-state index contributed by atoms with van der Waals surface area (Å²) in [5.74, 6) is 1.23. The number of methoxy groups -OCH3 is 1. The van der Waals surface area contributed by atoms with Crippen molar-refractivity contribution >= 4 is 21.6 Å². The van der Waals surface area contributed by atoms with Gasteiger partial charge in [0.15, 0.2) is 0 Å². The Morgan fingerprint density at radius 2 is 2.14 bits per heavy atom. The summed E-state index contributed by atoms with van der Waals surface area (Å²) in [6.07, 6.45) is 1.88. The first-order valence-corrected chi connectivity index (χ1v) is 7.81. The standard InChI is InChI=1S/C17H18BrNO2/c1-10-8-11(18)9-16(21-2)17(10)19-14-7-6-13-12(14)4-3-5-15(13)20/h3-5,8-9,14,19-20H,6-7H2,1-2H3. The Labute approximate surface area is 133 Å². The van der Waals surface area contributed by atoms with Gasteiger partial charge in [-0.05, 0) is 54.7 Å². The molecule has 2 aromatic carbocycles. The summed E-state index contributed by atoms with van der Waals surface area (Å²) in [6.45, 7) is 2.06. The number of ether oxygens (including phenoxy) is 1. The first-order valence-electron chi connectivity index (χ1n) is 7.01. The van der Waals surface area contributed by atoms with Crippen LogP contribution in [0.3, 0.4) is 0 Å². The smallest absolute Gasteiger partial charge is 0.143 e. The van der Waals surface area contributed by atoms with Crippen LogP contribution in [0.2, 0.25) is 0 Å². The Hall–Kier alpha value is -1.68. The number of phenolic OH excluding ortho intramolecular Hbond substituents is 1. The van der Waals surface area contributed by atoms with E-state index in [0.29, 0.717) is 5.75 Å². The Morgan fingerprint density at radius 1 is 1.33 bits per heavy atom. The molecule has 0 spiro atoms. The molecule has 0 bridgehead atoms. The van der Waals surface area contributed by atoms with E-state index in [9.17, 15) is 5.11 Å². The maximum absolute atomic E-state index is 9.95. The van der Waals surface area contributed by atoms with Crippen LogP contribution in [0.25, 0.3) is 0 Å². The summed E-state index contributed by atoms with van der Waals surface area (Å²) < 4.78 is 6.49. The third kappa shape index (κ3) is 2.60. The van der Waals surface area contributed by atoms with Crippen molar-refractivity contribution in [3.63, 3.8) is 0 Å². The summed E-state index contributed by atoms with van der Waals surface area (Å²) in [4.78, 5) is 0. The van der Waals surface area contributed by atoms with Crippen molar-refractivity contribution in [2.24, 2.45) is 0 Å². The Kier molecular flexibility index (Phi) is 3.81. The zero-order valence-corrected chi connectivity index (χ0v) is 13.7. The maximum Gasteiger partial charge on any atom is 0.143 e. The largest absolute Gasteiger partial charge is 0.508 e. The normalized spacial score (nSPS) is 16.6. The van der Waals surface area contributed by atoms with Gasteiger partial charge in [0.25, 0.3) is 0 Å². The molecular weight excluding hydrogens is 330 g/mol. The van der Waals surface area contributed by atoms with Crippen molar-refractivity contribution in [2.75, 3.05) is 12.4 Å². The van der Waals surface area contributed by atoms with Crippen LogP contribution in [0.15, 0.2) is 34.8 Å². The lowest BCUT2D eigenvalue weighted by atomic mass is 10.1. The van der Waals surface area contributed by atoms with Gasteiger partial charge in [-0.25, -0.2) is 0 Å². The van der Waals surface area contributed by atoms with Gasteiger partial charge in [0.05, 0.1) is 18.8 Å². The van der Waals surface area contributed by atoms with Gasteiger partial charge >= 0.3 is 0 Å². The number of hydrogen-bond acceptors (Lipinski definition) is 3. The van der Waals surface area contributed by atoms with Crippen LogP contribution in [0.5, 0.6) is 11.5 Å². The van der Waals surface area contributed by atoms with Gasteiger partial charge < -0.3 is 15.2 Å². The van der Waals surface area contributed by atoms with Crippen LogP contribution in [-0.4, -0.2) is 12.2 Å². The van der Waals surface area contributed by atoms with Gasteiger partial charge in [-0.2, -0.15) is 0 Å². The van der Waals surface area contributed by atoms with E-state index in [1.54, 1.807) is 13.2 Å². The SMILES string of the molecule is COc1cc(Br)cc(C)c1NC1CCc2c(O)cccc21. The fraction of sp³-hybridized carbons (Fsp3) is 0.294. The average Bonchev–Trinajstić information content (AvgIpc) is 2.86. The molecule has 1 aliphatic carbocycles. The number of nitrogens with one attached hydrogen (secondary N) is 1. The predicted octanol–water partition coefficient (Wildman–Crippen LogP) is 4.57. The molecule has 4 heteroatoms. The van der Waals surface area contributed by atoms with Crippen LogP contribution in [0, 0.1) is 6.92 Å². The molecule has 3 nitrogen and oxygen atoms in total. The third-order valence-corrected chi connectivity index (χ3v) is 4.51. The highest BCUT2D eigenvalue weighted by Crippen LogP contribution is 2.41. The van der Waals surface area contributed by atoms with Crippen molar-refractivity contribution in [1.29, 1.82) is 0 Å². The van der Waals surface area contributed by atoms with Crippen LogP contribution < -0.4 is 10.1 Å². The molecule has 21 heavy (non-hydrogen) atoms. The highest BCUT2D eigenvalue weighted by Gasteiger charge is 2.25. The highest BCUT2D eigenvalue weighted by atomic mass is 79.9. The summed E-state index contributed by atoms with van der Waals surface area (Å²) in [5.41, 5.74) is 4.39. The zero-order chi connectivity index (χ0) is 15.0. The van der Waals surface area contributed by atoms with E-state index in [0.717, 1.165) is 39.9 Å². The number of benzene rings is 2. The molecule has 0 amide bonds. The molecule has 2 aromatic rings. The van der Waals surface area contributed by atoms with Crippen molar-refractivity contribution in [3.8, 4) is 11.5 Å². The molecule has 0 aromatic heterocycles. The van der Waals surface area contributed by atoms with Crippen molar-refractivity contribution in [2.45, 2.75) is 25.8 Å².